The first kappa shape index (κ1) is 22.3. The zero-order valence-electron chi connectivity index (χ0n) is 18.4. The Morgan fingerprint density at radius 3 is 1.82 bits per heavy atom. The summed E-state index contributed by atoms with van der Waals surface area (Å²) in [6.45, 7) is 10.1. The van der Waals surface area contributed by atoms with E-state index >= 15 is 0 Å². The highest BCUT2D eigenvalue weighted by Gasteiger charge is 2.09. The molecule has 0 N–H and O–H groups in total. The number of ether oxygens (including phenoxy) is 2. The van der Waals surface area contributed by atoms with Crippen molar-refractivity contribution in [1.82, 2.24) is 0 Å². The van der Waals surface area contributed by atoms with Crippen LogP contribution in [0.4, 0.5) is 0 Å². The molecule has 0 saturated carbocycles. The molecule has 2 rings (SSSR count). The first-order valence-electron chi connectivity index (χ1n) is 11.1. The standard InChI is InChI=1S/C26H38O2/c1-5-7-9-11-19-27-25-17-18-26(22(4)21(25)3)28-20-24-15-13-23(14-16-24)12-10-8-6-2/h13-18H,5-12,19-20H2,1-4H3. The van der Waals surface area contributed by atoms with Crippen molar-refractivity contribution in [1.29, 1.82) is 0 Å². The van der Waals surface area contributed by atoms with Gasteiger partial charge in [-0.25, -0.2) is 0 Å². The molecule has 28 heavy (non-hydrogen) atoms. The number of unbranched alkanes of at least 4 members (excludes halogenated alkanes) is 5. The lowest BCUT2D eigenvalue weighted by Crippen LogP contribution is -2.02. The van der Waals surface area contributed by atoms with Crippen LogP contribution in [0.25, 0.3) is 0 Å². The molecule has 0 aliphatic carbocycles. The highest BCUT2D eigenvalue weighted by Crippen LogP contribution is 2.30. The van der Waals surface area contributed by atoms with Crippen molar-refractivity contribution in [2.24, 2.45) is 0 Å². The van der Waals surface area contributed by atoms with E-state index in [0.717, 1.165) is 24.5 Å². The maximum Gasteiger partial charge on any atom is 0.123 e. The highest BCUT2D eigenvalue weighted by molar-refractivity contribution is 5.47. The van der Waals surface area contributed by atoms with Crippen molar-refractivity contribution >= 4 is 0 Å². The molecule has 0 radical (unpaired) electrons. The van der Waals surface area contributed by atoms with Gasteiger partial charge in [-0.15, -0.1) is 0 Å². The van der Waals surface area contributed by atoms with Gasteiger partial charge in [-0.3, -0.25) is 0 Å². The summed E-state index contributed by atoms with van der Waals surface area (Å²) in [5.74, 6) is 1.93. The third kappa shape index (κ3) is 7.22. The van der Waals surface area contributed by atoms with Crippen LogP contribution in [0.5, 0.6) is 11.5 Å². The maximum absolute atomic E-state index is 6.10. The molecule has 0 unspecified atom stereocenters. The second kappa shape index (κ2) is 12.5. The third-order valence-electron chi connectivity index (χ3n) is 5.43. The molecule has 0 fully saturated rings. The molecule has 0 aliphatic rings. The Morgan fingerprint density at radius 2 is 1.18 bits per heavy atom. The molecule has 2 aromatic rings. The molecule has 154 valence electrons. The van der Waals surface area contributed by atoms with Crippen LogP contribution < -0.4 is 9.47 Å². The molecule has 0 amide bonds. The molecular formula is C26H38O2. The molecule has 0 heterocycles. The smallest absolute Gasteiger partial charge is 0.123 e. The SMILES string of the molecule is CCCCCCOc1ccc(OCc2ccc(CCCCC)cc2)c(C)c1C. The Labute approximate surface area is 172 Å². The molecular weight excluding hydrogens is 344 g/mol. The first-order valence-corrected chi connectivity index (χ1v) is 11.1. The average Bonchev–Trinajstić information content (AvgIpc) is 2.71. The Bertz CT molecular complexity index is 688. The summed E-state index contributed by atoms with van der Waals surface area (Å²) in [5, 5.41) is 0. The number of rotatable bonds is 13. The van der Waals surface area contributed by atoms with E-state index in [4.69, 9.17) is 9.47 Å². The van der Waals surface area contributed by atoms with Crippen molar-refractivity contribution in [3.8, 4) is 11.5 Å². The minimum absolute atomic E-state index is 0.604. The number of aryl methyl sites for hydroxylation is 1. The van der Waals surface area contributed by atoms with Crippen LogP contribution in [-0.2, 0) is 13.0 Å². The monoisotopic (exact) mass is 382 g/mol. The fourth-order valence-corrected chi connectivity index (χ4v) is 3.34. The Morgan fingerprint density at radius 1 is 0.607 bits per heavy atom. The van der Waals surface area contributed by atoms with Crippen molar-refractivity contribution in [2.75, 3.05) is 6.61 Å². The van der Waals surface area contributed by atoms with E-state index in [1.165, 1.54) is 67.2 Å². The Balaban J connectivity index is 1.86. The number of hydrogen-bond acceptors (Lipinski definition) is 2. The van der Waals surface area contributed by atoms with Gasteiger partial charge in [0.2, 0.25) is 0 Å². The van der Waals surface area contributed by atoms with Crippen molar-refractivity contribution < 1.29 is 9.47 Å². The lowest BCUT2D eigenvalue weighted by molar-refractivity contribution is 0.293. The lowest BCUT2D eigenvalue weighted by Gasteiger charge is -2.15. The van der Waals surface area contributed by atoms with Gasteiger partial charge in [-0.05, 0) is 67.5 Å². The minimum Gasteiger partial charge on any atom is -0.493 e. The molecule has 0 atom stereocenters. The van der Waals surface area contributed by atoms with E-state index in [0.29, 0.717) is 6.61 Å². The van der Waals surface area contributed by atoms with Crippen LogP contribution in [0.3, 0.4) is 0 Å². The molecule has 2 aromatic carbocycles. The maximum atomic E-state index is 6.10. The van der Waals surface area contributed by atoms with E-state index < -0.39 is 0 Å². The summed E-state index contributed by atoms with van der Waals surface area (Å²) in [5.41, 5.74) is 4.98. The Kier molecular flexibility index (Phi) is 9.96. The van der Waals surface area contributed by atoms with Crippen LogP contribution in [0, 0.1) is 13.8 Å². The third-order valence-corrected chi connectivity index (χ3v) is 5.43. The van der Waals surface area contributed by atoms with E-state index in [1.807, 2.05) is 12.1 Å². The van der Waals surface area contributed by atoms with Crippen LogP contribution >= 0.6 is 0 Å². The summed E-state index contributed by atoms with van der Waals surface area (Å²) < 4.78 is 12.1. The second-order valence-electron chi connectivity index (χ2n) is 7.78. The molecule has 0 aromatic heterocycles. The first-order chi connectivity index (χ1) is 13.7. The van der Waals surface area contributed by atoms with Crippen LogP contribution in [0.15, 0.2) is 36.4 Å². The van der Waals surface area contributed by atoms with Gasteiger partial charge >= 0.3 is 0 Å². The van der Waals surface area contributed by atoms with E-state index in [9.17, 15) is 0 Å². The van der Waals surface area contributed by atoms with E-state index in [2.05, 4.69) is 52.0 Å². The van der Waals surface area contributed by atoms with Gasteiger partial charge in [0.15, 0.2) is 0 Å². The van der Waals surface area contributed by atoms with Gasteiger partial charge in [0.25, 0.3) is 0 Å². The second-order valence-corrected chi connectivity index (χ2v) is 7.78. The minimum atomic E-state index is 0.604. The fraction of sp³-hybridized carbons (Fsp3) is 0.538. The quantitative estimate of drug-likeness (QED) is 0.332. The summed E-state index contributed by atoms with van der Waals surface area (Å²) in [6.07, 6.45) is 9.94. The largest absolute Gasteiger partial charge is 0.493 e. The number of benzene rings is 2. The van der Waals surface area contributed by atoms with E-state index in [1.54, 1.807) is 0 Å². The summed E-state index contributed by atoms with van der Waals surface area (Å²) in [4.78, 5) is 0. The Hall–Kier alpha value is -1.96. The summed E-state index contributed by atoms with van der Waals surface area (Å²) in [7, 11) is 0. The van der Waals surface area contributed by atoms with E-state index in [-0.39, 0.29) is 0 Å². The van der Waals surface area contributed by atoms with Crippen molar-refractivity contribution in [2.45, 2.75) is 85.7 Å². The summed E-state index contributed by atoms with van der Waals surface area (Å²) in [6, 6.07) is 13.0. The number of hydrogen-bond donors (Lipinski definition) is 0. The molecule has 0 saturated heterocycles. The zero-order valence-corrected chi connectivity index (χ0v) is 18.4. The van der Waals surface area contributed by atoms with Crippen LogP contribution in [-0.4, -0.2) is 6.61 Å². The van der Waals surface area contributed by atoms with Crippen LogP contribution in [0.1, 0.15) is 81.0 Å². The predicted molar refractivity (Wildman–Crippen MR) is 120 cm³/mol. The average molecular weight is 383 g/mol. The molecule has 2 nitrogen and oxygen atoms in total. The molecule has 0 aliphatic heterocycles. The van der Waals surface area contributed by atoms with Gasteiger partial charge in [-0.1, -0.05) is 70.2 Å². The molecule has 0 bridgehead atoms. The fourth-order valence-electron chi connectivity index (χ4n) is 3.34. The molecule has 0 spiro atoms. The van der Waals surface area contributed by atoms with Gasteiger partial charge in [0.05, 0.1) is 6.61 Å². The van der Waals surface area contributed by atoms with Crippen LogP contribution in [0.2, 0.25) is 0 Å². The highest BCUT2D eigenvalue weighted by atomic mass is 16.5. The molecule has 2 heteroatoms. The topological polar surface area (TPSA) is 18.5 Å². The predicted octanol–water partition coefficient (Wildman–Crippen LogP) is 7.57. The van der Waals surface area contributed by atoms with Gasteiger partial charge in [0, 0.05) is 0 Å². The zero-order chi connectivity index (χ0) is 20.2. The lowest BCUT2D eigenvalue weighted by atomic mass is 10.1. The van der Waals surface area contributed by atoms with Gasteiger partial charge in [0.1, 0.15) is 18.1 Å². The van der Waals surface area contributed by atoms with Gasteiger partial charge < -0.3 is 9.47 Å². The van der Waals surface area contributed by atoms with Crippen molar-refractivity contribution in [3.05, 3.63) is 58.7 Å². The normalized spacial score (nSPS) is 10.9. The van der Waals surface area contributed by atoms with Gasteiger partial charge in [-0.2, -0.15) is 0 Å². The summed E-state index contributed by atoms with van der Waals surface area (Å²) >= 11 is 0. The van der Waals surface area contributed by atoms with Crippen molar-refractivity contribution in [3.63, 3.8) is 0 Å².